The van der Waals surface area contributed by atoms with Crippen LogP contribution >= 0.6 is 0 Å². The van der Waals surface area contributed by atoms with Crippen molar-refractivity contribution in [3.8, 4) is 5.88 Å². The smallest absolute Gasteiger partial charge is 0.320 e. The first-order chi connectivity index (χ1) is 12.7. The number of rotatable bonds is 5. The molecule has 0 aliphatic carbocycles. The summed E-state index contributed by atoms with van der Waals surface area (Å²) < 4.78 is 10.8. The molecule has 3 N–H and O–H groups in total. The third-order valence-corrected chi connectivity index (χ3v) is 4.19. The summed E-state index contributed by atoms with van der Waals surface area (Å²) in [6.45, 7) is 3.07. The maximum Gasteiger partial charge on any atom is 0.320 e. The highest BCUT2D eigenvalue weighted by Crippen LogP contribution is 2.25. The molecule has 8 nitrogen and oxygen atoms in total. The Morgan fingerprint density at radius 1 is 1.35 bits per heavy atom. The van der Waals surface area contributed by atoms with E-state index < -0.39 is 0 Å². The molecule has 0 saturated carbocycles. The molecule has 3 heterocycles. The lowest BCUT2D eigenvalue weighted by Crippen LogP contribution is -2.38. The number of hydrogen-bond donors (Lipinski definition) is 3. The monoisotopic (exact) mass is 353 g/mol. The van der Waals surface area contributed by atoms with E-state index in [0.717, 1.165) is 16.5 Å². The fraction of sp³-hybridized carbons (Fsp3) is 0.278. The second kappa shape index (κ2) is 7.01. The van der Waals surface area contributed by atoms with E-state index in [1.165, 1.54) is 0 Å². The molecule has 1 unspecified atom stereocenters. The number of nitrogens with one attached hydrogen (secondary N) is 3. The predicted octanol–water partition coefficient (Wildman–Crippen LogP) is 2.62. The van der Waals surface area contributed by atoms with Gasteiger partial charge in [-0.1, -0.05) is 30.3 Å². The summed E-state index contributed by atoms with van der Waals surface area (Å²) in [5.74, 6) is 0.923. The van der Waals surface area contributed by atoms with Gasteiger partial charge < -0.3 is 14.8 Å². The number of fused-ring (bicyclic) bond motifs is 1. The molecule has 1 saturated heterocycles. The minimum absolute atomic E-state index is 0.0320. The molecule has 8 heteroatoms. The predicted molar refractivity (Wildman–Crippen MR) is 96.1 cm³/mol. The summed E-state index contributed by atoms with van der Waals surface area (Å²) in [5, 5.41) is 13.4. The van der Waals surface area contributed by atoms with Crippen molar-refractivity contribution in [2.24, 2.45) is 0 Å². The second-order valence-corrected chi connectivity index (χ2v) is 6.15. The van der Waals surface area contributed by atoms with Gasteiger partial charge in [0, 0.05) is 12.3 Å². The van der Waals surface area contributed by atoms with Gasteiger partial charge in [0.2, 0.25) is 5.88 Å². The van der Waals surface area contributed by atoms with Crippen molar-refractivity contribution in [2.75, 3.05) is 18.5 Å². The van der Waals surface area contributed by atoms with E-state index in [2.05, 4.69) is 25.8 Å². The van der Waals surface area contributed by atoms with Crippen LogP contribution in [-0.4, -0.2) is 40.5 Å². The van der Waals surface area contributed by atoms with Gasteiger partial charge in [-0.25, -0.2) is 9.78 Å². The van der Waals surface area contributed by atoms with Crippen molar-refractivity contribution >= 4 is 22.8 Å². The molecule has 134 valence electrons. The van der Waals surface area contributed by atoms with Gasteiger partial charge in [0.05, 0.1) is 30.2 Å². The Morgan fingerprint density at radius 2 is 2.15 bits per heavy atom. The van der Waals surface area contributed by atoms with Crippen LogP contribution in [-0.2, 0) is 4.74 Å². The molecule has 1 fully saturated rings. The third-order valence-electron chi connectivity index (χ3n) is 4.19. The number of H-pyrrole nitrogens is 1. The van der Waals surface area contributed by atoms with E-state index in [-0.39, 0.29) is 18.2 Å². The largest absolute Gasteiger partial charge is 0.468 e. The average molecular weight is 353 g/mol. The second-order valence-electron chi connectivity index (χ2n) is 6.15. The quantitative estimate of drug-likeness (QED) is 0.654. The lowest BCUT2D eigenvalue weighted by molar-refractivity contribution is -0.0807. The van der Waals surface area contributed by atoms with Crippen LogP contribution < -0.4 is 15.4 Å². The van der Waals surface area contributed by atoms with Gasteiger partial charge in [-0.15, -0.1) is 5.10 Å². The van der Waals surface area contributed by atoms with E-state index >= 15 is 0 Å². The first-order valence-electron chi connectivity index (χ1n) is 8.40. The number of ether oxygens (including phenoxy) is 2. The van der Waals surface area contributed by atoms with Crippen molar-refractivity contribution < 1.29 is 14.3 Å². The number of carbonyl (C=O) groups is 1. The van der Waals surface area contributed by atoms with Crippen molar-refractivity contribution in [1.29, 1.82) is 0 Å². The van der Waals surface area contributed by atoms with Crippen molar-refractivity contribution in [1.82, 2.24) is 20.5 Å². The van der Waals surface area contributed by atoms with Gasteiger partial charge in [-0.2, -0.15) is 0 Å². The fourth-order valence-electron chi connectivity index (χ4n) is 2.66. The number of carbonyl (C=O) groups excluding carboxylic acids is 1. The number of aromatic amines is 1. The maximum atomic E-state index is 12.2. The van der Waals surface area contributed by atoms with E-state index in [0.29, 0.717) is 24.9 Å². The number of hydrogen-bond acceptors (Lipinski definition) is 5. The van der Waals surface area contributed by atoms with Crippen LogP contribution in [0.4, 0.5) is 10.6 Å². The average Bonchev–Trinajstić information content (AvgIpc) is 3.01. The number of nitrogens with zero attached hydrogens (tertiary/aromatic N) is 2. The molecule has 26 heavy (non-hydrogen) atoms. The molecular weight excluding hydrogens is 334 g/mol. The van der Waals surface area contributed by atoms with Crippen molar-refractivity contribution in [2.45, 2.75) is 19.1 Å². The Morgan fingerprint density at radius 3 is 2.88 bits per heavy atom. The Balaban J connectivity index is 1.41. The molecule has 0 bridgehead atoms. The minimum Gasteiger partial charge on any atom is -0.468 e. The summed E-state index contributed by atoms with van der Waals surface area (Å²) in [7, 11) is 0. The van der Waals surface area contributed by atoms with Crippen LogP contribution in [0.25, 0.3) is 10.9 Å². The lowest BCUT2D eigenvalue weighted by Gasteiger charge is -2.25. The van der Waals surface area contributed by atoms with Crippen molar-refractivity contribution in [3.63, 3.8) is 0 Å². The van der Waals surface area contributed by atoms with Gasteiger partial charge >= 0.3 is 6.03 Å². The molecule has 2 aromatic heterocycles. The fourth-order valence-corrected chi connectivity index (χ4v) is 2.66. The lowest BCUT2D eigenvalue weighted by atomic mass is 10.1. The molecule has 2 amide bonds. The van der Waals surface area contributed by atoms with E-state index in [1.807, 2.05) is 37.3 Å². The summed E-state index contributed by atoms with van der Waals surface area (Å²) in [6, 6.07) is 11.0. The topological polar surface area (TPSA) is 101 Å². The molecule has 0 spiro atoms. The zero-order valence-electron chi connectivity index (χ0n) is 14.2. The Kier molecular flexibility index (Phi) is 4.40. The molecule has 3 aromatic rings. The van der Waals surface area contributed by atoms with E-state index in [1.54, 1.807) is 12.3 Å². The van der Waals surface area contributed by atoms with Gasteiger partial charge in [0.1, 0.15) is 11.9 Å². The number of aromatic nitrogens is 3. The normalized spacial score (nSPS) is 15.3. The number of amides is 2. The molecule has 1 aliphatic heterocycles. The van der Waals surface area contributed by atoms with Crippen LogP contribution in [0.3, 0.4) is 0 Å². The molecule has 1 atom stereocenters. The summed E-state index contributed by atoms with van der Waals surface area (Å²) in [5.41, 5.74) is 1.77. The number of urea groups is 1. The zero-order valence-corrected chi connectivity index (χ0v) is 14.2. The number of pyridine rings is 1. The molecular formula is C18H19N5O3. The van der Waals surface area contributed by atoms with Crippen LogP contribution in [0.2, 0.25) is 0 Å². The highest BCUT2D eigenvalue weighted by molar-refractivity contribution is 5.92. The standard InChI is InChI=1S/C18H19N5O3/c1-11(12-5-3-2-4-6-12)20-18(24)21-16-7-15-14(8-19-16)17(23-22-15)26-13-9-25-10-13/h2-8,11,13H,9-10H2,1H3,(H,22,23)(H2,19,20,21,24). The van der Waals surface area contributed by atoms with E-state index in [9.17, 15) is 4.79 Å². The summed E-state index contributed by atoms with van der Waals surface area (Å²) >= 11 is 0. The third kappa shape index (κ3) is 3.45. The van der Waals surface area contributed by atoms with Crippen LogP contribution in [0.1, 0.15) is 18.5 Å². The Hall–Kier alpha value is -3.13. The first-order valence-corrected chi connectivity index (χ1v) is 8.40. The number of benzene rings is 1. The summed E-state index contributed by atoms with van der Waals surface area (Å²) in [4.78, 5) is 16.5. The molecule has 0 radical (unpaired) electrons. The molecule has 4 rings (SSSR count). The van der Waals surface area contributed by atoms with Crippen LogP contribution in [0.15, 0.2) is 42.6 Å². The highest BCUT2D eigenvalue weighted by Gasteiger charge is 2.22. The highest BCUT2D eigenvalue weighted by atomic mass is 16.6. The minimum atomic E-state index is -0.323. The van der Waals surface area contributed by atoms with Crippen LogP contribution in [0, 0.1) is 0 Å². The number of anilines is 1. The van der Waals surface area contributed by atoms with Crippen LogP contribution in [0.5, 0.6) is 5.88 Å². The van der Waals surface area contributed by atoms with Gasteiger partial charge in [-0.05, 0) is 12.5 Å². The molecule has 1 aromatic carbocycles. The van der Waals surface area contributed by atoms with Crippen molar-refractivity contribution in [3.05, 3.63) is 48.2 Å². The van der Waals surface area contributed by atoms with Gasteiger partial charge in [0.25, 0.3) is 0 Å². The molecule has 1 aliphatic rings. The van der Waals surface area contributed by atoms with Gasteiger partial charge in [0.15, 0.2) is 0 Å². The maximum absolute atomic E-state index is 12.2. The summed E-state index contributed by atoms with van der Waals surface area (Å²) in [6.07, 6.45) is 1.66. The first kappa shape index (κ1) is 16.3. The Bertz CT molecular complexity index is 908. The van der Waals surface area contributed by atoms with Gasteiger partial charge in [-0.3, -0.25) is 10.4 Å². The van der Waals surface area contributed by atoms with E-state index in [4.69, 9.17) is 9.47 Å². The Labute approximate surface area is 149 Å². The zero-order chi connectivity index (χ0) is 17.9. The SMILES string of the molecule is CC(NC(=O)Nc1cc2[nH]nc(OC3COC3)c2cn1)c1ccccc1.